The maximum Gasteiger partial charge on any atom is 0.226 e. The van der Waals surface area contributed by atoms with Gasteiger partial charge in [0.15, 0.2) is 0 Å². The van der Waals surface area contributed by atoms with Gasteiger partial charge in [-0.3, -0.25) is 19.6 Å². The Bertz CT molecular complexity index is 3520. The molecule has 0 fully saturated rings. The molecule has 9 heterocycles. The van der Waals surface area contributed by atoms with E-state index in [0.717, 1.165) is 58.0 Å². The third-order valence-electron chi connectivity index (χ3n) is 15.9. The summed E-state index contributed by atoms with van der Waals surface area (Å²) in [6.45, 7) is 85.8. The van der Waals surface area contributed by atoms with E-state index in [1.165, 1.54) is 66.3 Å². The molecule has 0 aliphatic rings. The first kappa shape index (κ1) is 91.2. The van der Waals surface area contributed by atoms with Crippen LogP contribution < -0.4 is 5.73 Å². The maximum absolute atomic E-state index is 5.73. The molecule has 0 radical (unpaired) electrons. The lowest BCUT2D eigenvalue weighted by atomic mass is 9.85. The number of aromatic amines is 2. The summed E-state index contributed by atoms with van der Waals surface area (Å²) in [5, 5.41) is 51.1. The van der Waals surface area contributed by atoms with Gasteiger partial charge in [-0.1, -0.05) is 187 Å². The molecule has 0 spiro atoms. The van der Waals surface area contributed by atoms with Crippen molar-refractivity contribution >= 4 is 28.8 Å². The topological polar surface area (TPSA) is 258 Å². The summed E-state index contributed by atoms with van der Waals surface area (Å²) in [5.41, 5.74) is 25.5. The van der Waals surface area contributed by atoms with Crippen LogP contribution in [0.15, 0.2) is 21.4 Å². The lowest BCUT2D eigenvalue weighted by Crippen LogP contribution is -2.25. The molecule has 0 saturated carbocycles. The van der Waals surface area contributed by atoms with Gasteiger partial charge in [-0.2, -0.15) is 15.3 Å². The number of halogens is 1. The molecule has 0 aliphatic heterocycles. The van der Waals surface area contributed by atoms with E-state index in [4.69, 9.17) is 26.4 Å². The van der Waals surface area contributed by atoms with Crippen LogP contribution in [0.4, 0.5) is 5.88 Å². The third-order valence-corrected chi connectivity index (χ3v) is 17.6. The van der Waals surface area contributed by atoms with Gasteiger partial charge in [-0.25, -0.2) is 9.67 Å². The van der Waals surface area contributed by atoms with Gasteiger partial charge in [0.2, 0.25) is 5.88 Å². The van der Waals surface area contributed by atoms with Crippen molar-refractivity contribution in [3.63, 3.8) is 0 Å². The first-order valence-corrected chi connectivity index (χ1v) is 36.2. The molecule has 0 aliphatic carbocycles. The van der Waals surface area contributed by atoms with Crippen molar-refractivity contribution in [1.82, 2.24) is 90.2 Å². The molecule has 0 aromatic carbocycles. The Balaban J connectivity index is 0.000000563. The van der Waals surface area contributed by atoms with Crippen molar-refractivity contribution in [2.75, 3.05) is 5.73 Å². The van der Waals surface area contributed by atoms with E-state index in [1.807, 2.05) is 107 Å². The highest BCUT2D eigenvalue weighted by molar-refractivity contribution is 7.11. The van der Waals surface area contributed by atoms with Crippen molar-refractivity contribution in [3.8, 4) is 0 Å². The van der Waals surface area contributed by atoms with E-state index in [2.05, 4.69) is 298 Å². The quantitative estimate of drug-likeness (QED) is 0.136. The van der Waals surface area contributed by atoms with Crippen LogP contribution in [-0.2, 0) is 75.4 Å². The number of thiazole rings is 1. The average molecular weight is 1430 g/mol. The number of hydrogen-bond donors (Lipinski definition) is 3. The second-order valence-electron chi connectivity index (χ2n) is 35.1. The van der Waals surface area contributed by atoms with Crippen LogP contribution in [0.1, 0.15) is 312 Å². The maximum atomic E-state index is 5.73. The molecule has 23 heteroatoms. The van der Waals surface area contributed by atoms with Gasteiger partial charge in [0.25, 0.3) is 0 Å². The summed E-state index contributed by atoms with van der Waals surface area (Å²) in [6, 6.07) is 0. The third kappa shape index (κ3) is 27.5. The van der Waals surface area contributed by atoms with E-state index in [-0.39, 0.29) is 48.9 Å². The zero-order chi connectivity index (χ0) is 78.4. The first-order chi connectivity index (χ1) is 45.0. The molecule has 0 atom stereocenters. The van der Waals surface area contributed by atoms with Crippen LogP contribution in [0.2, 0.25) is 0 Å². The summed E-state index contributed by atoms with van der Waals surface area (Å²) in [6.07, 6.45) is 3.85. The highest BCUT2D eigenvalue weighted by Crippen LogP contribution is 2.34. The van der Waals surface area contributed by atoms with E-state index in [9.17, 15) is 0 Å². The van der Waals surface area contributed by atoms with Crippen LogP contribution in [0.3, 0.4) is 0 Å². The van der Waals surface area contributed by atoms with E-state index < -0.39 is 0 Å². The molecule has 9 rings (SSSR count). The summed E-state index contributed by atoms with van der Waals surface area (Å²) in [7, 11) is 3.91. The number of aromatic nitrogens is 18. The second-order valence-corrected chi connectivity index (χ2v) is 36.6. The SMILES string of the molecule is CCn1nnc(C)c1C(C)(C)C.Cc1[nH]ncc1C(C)(C)C.Cc1c(C(C)(C)C)cnn1C.Cc1n[nH]c(C)c1C(C)(C)C.Cc1nc(C)c(C(C)(C)C)s1.Cc1nnc(CCl)n1C(C)(C)C.Cc1nnn(C)c1C(C)(C)C.Cc1noc(C)c1C(C)(C)C.Cc1noc(N)c1C(C)(C)C. The monoisotopic (exact) mass is 1430 g/mol. The first-order valence-electron chi connectivity index (χ1n) is 34.9. The van der Waals surface area contributed by atoms with Crippen LogP contribution in [0, 0.1) is 83.1 Å². The fourth-order valence-electron chi connectivity index (χ4n) is 12.5. The number of rotatable bonds is 2. The van der Waals surface area contributed by atoms with Crippen molar-refractivity contribution in [2.24, 2.45) is 14.1 Å². The highest BCUT2D eigenvalue weighted by Gasteiger charge is 2.28. The number of nitrogens with zero attached hydrogens (tertiary/aromatic N) is 16. The average Bonchev–Trinajstić information content (AvgIpc) is 1.69. The number of hydrogen-bond acceptors (Lipinski definition) is 16. The van der Waals surface area contributed by atoms with Gasteiger partial charge >= 0.3 is 0 Å². The lowest BCUT2D eigenvalue weighted by molar-refractivity contribution is 0.378. The zero-order valence-electron chi connectivity index (χ0n) is 70.4. The highest BCUT2D eigenvalue weighted by atomic mass is 35.5. The van der Waals surface area contributed by atoms with Gasteiger partial charge in [0, 0.05) is 75.7 Å². The molecule has 0 unspecified atom stereocenters. The van der Waals surface area contributed by atoms with E-state index in [1.54, 1.807) is 0 Å². The van der Waals surface area contributed by atoms with Gasteiger partial charge in [-0.15, -0.1) is 43.3 Å². The van der Waals surface area contributed by atoms with Gasteiger partial charge in [0.05, 0.1) is 68.8 Å². The minimum absolute atomic E-state index is 0.0117. The lowest BCUT2D eigenvalue weighted by Gasteiger charge is -2.23. The van der Waals surface area contributed by atoms with Gasteiger partial charge in [-0.05, 0) is 154 Å². The van der Waals surface area contributed by atoms with E-state index >= 15 is 0 Å². The molecule has 0 amide bonds. The van der Waals surface area contributed by atoms with Crippen LogP contribution in [0.5, 0.6) is 0 Å². The zero-order valence-corrected chi connectivity index (χ0v) is 72.0. The summed E-state index contributed by atoms with van der Waals surface area (Å²) in [4.78, 5) is 5.81. The van der Waals surface area contributed by atoms with Crippen LogP contribution in [0.25, 0.3) is 0 Å². The van der Waals surface area contributed by atoms with Crippen molar-refractivity contribution in [2.45, 2.75) is 338 Å². The largest absolute Gasteiger partial charge is 0.367 e. The Labute approximate surface area is 613 Å². The Kier molecular flexibility index (Phi) is 32.7. The van der Waals surface area contributed by atoms with E-state index in [0.29, 0.717) is 11.8 Å². The number of nitrogens with two attached hydrogens (primary N) is 1. The molecule has 564 valence electrons. The fourth-order valence-corrected chi connectivity index (χ4v) is 13.6. The Morgan fingerprint density at radius 3 is 1.18 bits per heavy atom. The normalized spacial score (nSPS) is 12.1. The number of anilines is 1. The number of alkyl halides is 1. The Hall–Kier alpha value is -6.81. The molecule has 0 saturated heterocycles. The summed E-state index contributed by atoms with van der Waals surface area (Å²) in [5.74, 6) is 3.54. The molecule has 9 aromatic rings. The predicted molar refractivity (Wildman–Crippen MR) is 418 cm³/mol. The summed E-state index contributed by atoms with van der Waals surface area (Å²) >= 11 is 7.54. The van der Waals surface area contributed by atoms with Crippen LogP contribution in [-0.4, -0.2) is 90.2 Å². The Morgan fingerprint density at radius 1 is 0.480 bits per heavy atom. The molecule has 4 N–H and O–H groups in total. The standard InChI is InChI=1S/C9H17N3.2C9H16N2.C9H15NO.C9H15NS.C8H14ClN3.C8H15N3.C8H14N2O.C8H14N2/c1-6-12-8(9(3,4)5)7(2)10-11-12;1-7-8(9(2,3)4)6-10-11(7)5;2*1-6-8(9(3,4)5)7(2)11-10-6;1-6-8(9(3,4)5)11-7(2)10-6;1-6-10-11-7(5-9)12(6)8(2,3)4;1-6-7(8(2,3)4)11(5)10-9-6;1-5-6(8(2,3)4)7(9)11-10-5;1-6-7(5-9-10-6)8(2,3)4/h6H2,1-5H3;6H,1-5H3;1-5H3,(H,10,11);2*1-5H3;5H2,1-4H3;1-5H3;9H2,1-4H3;5H,1-4H3,(H,9,10). The van der Waals surface area contributed by atoms with Crippen molar-refractivity contribution in [1.29, 1.82) is 0 Å². The summed E-state index contributed by atoms with van der Waals surface area (Å²) < 4.78 is 17.7. The van der Waals surface area contributed by atoms with Gasteiger partial charge < -0.3 is 19.3 Å². The second kappa shape index (κ2) is 35.9. The molecule has 0 bridgehead atoms. The molecule has 21 nitrogen and oxygen atoms in total. The molecule has 100 heavy (non-hydrogen) atoms. The van der Waals surface area contributed by atoms with Crippen molar-refractivity contribution < 1.29 is 9.05 Å². The minimum atomic E-state index is 0.0117. The minimum Gasteiger partial charge on any atom is -0.367 e. The van der Waals surface area contributed by atoms with Gasteiger partial charge in [0.1, 0.15) is 17.4 Å². The van der Waals surface area contributed by atoms with Crippen molar-refractivity contribution in [3.05, 3.63) is 130 Å². The molecular weight excluding hydrogens is 1290 g/mol. The number of nitrogen functional groups attached to an aromatic ring is 1. The molecular formula is C77H136ClN19O2S. The molecule has 9 aromatic heterocycles. The van der Waals surface area contributed by atoms with Crippen LogP contribution >= 0.6 is 22.9 Å². The Morgan fingerprint density at radius 2 is 0.960 bits per heavy atom. The number of H-pyrrole nitrogens is 2. The number of aryl methyl sites for hydroxylation is 14. The predicted octanol–water partition coefficient (Wildman–Crippen LogP) is 19.3. The number of nitrogens with one attached hydrogen (secondary N) is 2. The fraction of sp³-hybridized carbons (Fsp3) is 0.688. The smallest absolute Gasteiger partial charge is 0.226 e.